The molecule has 1 fully saturated rings. The Morgan fingerprint density at radius 1 is 1.33 bits per heavy atom. The number of benzene rings is 1. The van der Waals surface area contributed by atoms with Gasteiger partial charge < -0.3 is 10.1 Å². The van der Waals surface area contributed by atoms with Gasteiger partial charge in [-0.1, -0.05) is 0 Å². The standard InChI is InChI=1S/C12H11N3O3/c16-15(17)11-1-2-12(18-8-5-14-6-8)9-3-4-13-7-10(9)11/h1-4,7-8,14H,5-6H2. The van der Waals surface area contributed by atoms with Crippen molar-refractivity contribution in [2.75, 3.05) is 13.1 Å². The molecule has 3 rings (SSSR count). The van der Waals surface area contributed by atoms with Crippen molar-refractivity contribution >= 4 is 16.5 Å². The van der Waals surface area contributed by atoms with Crippen LogP contribution in [0.4, 0.5) is 5.69 Å². The lowest BCUT2D eigenvalue weighted by Gasteiger charge is -2.28. The topological polar surface area (TPSA) is 77.3 Å². The molecule has 0 bridgehead atoms. The number of ether oxygens (including phenoxy) is 1. The largest absolute Gasteiger partial charge is 0.487 e. The van der Waals surface area contributed by atoms with Crippen LogP contribution in [0.3, 0.4) is 0 Å². The predicted octanol–water partition coefficient (Wildman–Crippen LogP) is 1.49. The van der Waals surface area contributed by atoms with Crippen molar-refractivity contribution in [2.45, 2.75) is 6.10 Å². The molecule has 18 heavy (non-hydrogen) atoms. The van der Waals surface area contributed by atoms with E-state index in [0.29, 0.717) is 11.1 Å². The molecule has 0 atom stereocenters. The van der Waals surface area contributed by atoms with Gasteiger partial charge in [0.2, 0.25) is 0 Å². The second kappa shape index (κ2) is 4.23. The van der Waals surface area contributed by atoms with Gasteiger partial charge in [-0.2, -0.15) is 0 Å². The highest BCUT2D eigenvalue weighted by Gasteiger charge is 2.21. The van der Waals surface area contributed by atoms with E-state index in [4.69, 9.17) is 4.74 Å². The van der Waals surface area contributed by atoms with Crippen molar-refractivity contribution in [3.8, 4) is 5.75 Å². The molecule has 0 amide bonds. The second-order valence-electron chi connectivity index (χ2n) is 4.16. The molecule has 0 aliphatic carbocycles. The lowest BCUT2D eigenvalue weighted by molar-refractivity contribution is -0.383. The first-order valence-electron chi connectivity index (χ1n) is 5.64. The van der Waals surface area contributed by atoms with E-state index in [9.17, 15) is 10.1 Å². The summed E-state index contributed by atoms with van der Waals surface area (Å²) in [6, 6.07) is 4.86. The van der Waals surface area contributed by atoms with Crippen LogP contribution >= 0.6 is 0 Å². The van der Waals surface area contributed by atoms with Gasteiger partial charge >= 0.3 is 0 Å². The van der Waals surface area contributed by atoms with E-state index in [2.05, 4.69) is 10.3 Å². The summed E-state index contributed by atoms with van der Waals surface area (Å²) in [5, 5.41) is 15.3. The first-order valence-corrected chi connectivity index (χ1v) is 5.64. The summed E-state index contributed by atoms with van der Waals surface area (Å²) < 4.78 is 5.79. The van der Waals surface area contributed by atoms with Gasteiger partial charge in [-0.15, -0.1) is 0 Å². The van der Waals surface area contributed by atoms with E-state index in [-0.39, 0.29) is 11.8 Å². The molecule has 0 saturated carbocycles. The molecular formula is C12H11N3O3. The van der Waals surface area contributed by atoms with Crippen molar-refractivity contribution in [2.24, 2.45) is 0 Å². The summed E-state index contributed by atoms with van der Waals surface area (Å²) in [5.74, 6) is 0.671. The minimum atomic E-state index is -0.404. The number of non-ortho nitro benzene ring substituents is 1. The zero-order valence-electron chi connectivity index (χ0n) is 9.50. The minimum absolute atomic E-state index is 0.0529. The van der Waals surface area contributed by atoms with Gasteiger partial charge in [0.15, 0.2) is 0 Å². The molecule has 6 heteroatoms. The Morgan fingerprint density at radius 2 is 2.17 bits per heavy atom. The highest BCUT2D eigenvalue weighted by atomic mass is 16.6. The third kappa shape index (κ3) is 1.76. The van der Waals surface area contributed by atoms with Gasteiger partial charge in [0, 0.05) is 36.9 Å². The summed E-state index contributed by atoms with van der Waals surface area (Å²) in [5.41, 5.74) is 0.0529. The molecule has 92 valence electrons. The van der Waals surface area contributed by atoms with E-state index in [0.717, 1.165) is 18.5 Å². The van der Waals surface area contributed by atoms with Crippen LogP contribution in [0, 0.1) is 10.1 Å². The Labute approximate surface area is 103 Å². The molecule has 1 aromatic carbocycles. The van der Waals surface area contributed by atoms with Crippen LogP contribution in [0.2, 0.25) is 0 Å². The Balaban J connectivity index is 2.10. The number of pyridine rings is 1. The monoisotopic (exact) mass is 245 g/mol. The van der Waals surface area contributed by atoms with Crippen LogP contribution < -0.4 is 10.1 Å². The van der Waals surface area contributed by atoms with Crippen LogP contribution in [-0.2, 0) is 0 Å². The number of nitrogens with zero attached hydrogens (tertiary/aromatic N) is 2. The fourth-order valence-electron chi connectivity index (χ4n) is 1.93. The van der Waals surface area contributed by atoms with Gasteiger partial charge in [-0.25, -0.2) is 0 Å². The summed E-state index contributed by atoms with van der Waals surface area (Å²) in [6.45, 7) is 1.62. The number of nitro benzene ring substituents is 1. The van der Waals surface area contributed by atoms with Crippen molar-refractivity contribution in [1.82, 2.24) is 10.3 Å². The average Bonchev–Trinajstić information content (AvgIpc) is 2.33. The number of nitro groups is 1. The SMILES string of the molecule is O=[N+]([O-])c1ccc(OC2CNC2)c2ccncc12. The van der Waals surface area contributed by atoms with Crippen molar-refractivity contribution in [3.05, 3.63) is 40.7 Å². The normalized spacial score (nSPS) is 15.3. The highest BCUT2D eigenvalue weighted by Crippen LogP contribution is 2.32. The maximum atomic E-state index is 10.9. The number of fused-ring (bicyclic) bond motifs is 1. The quantitative estimate of drug-likeness (QED) is 0.654. The number of rotatable bonds is 3. The summed E-state index contributed by atoms with van der Waals surface area (Å²) >= 11 is 0. The maximum absolute atomic E-state index is 10.9. The molecule has 1 N–H and O–H groups in total. The zero-order chi connectivity index (χ0) is 12.5. The minimum Gasteiger partial charge on any atom is -0.487 e. The van der Waals surface area contributed by atoms with Gasteiger partial charge in [0.1, 0.15) is 11.9 Å². The smallest absolute Gasteiger partial charge is 0.279 e. The molecule has 1 aliphatic heterocycles. The van der Waals surface area contributed by atoms with Gasteiger partial charge in [0.05, 0.1) is 10.3 Å². The predicted molar refractivity (Wildman–Crippen MR) is 65.7 cm³/mol. The number of nitrogens with one attached hydrogen (secondary N) is 1. The van der Waals surface area contributed by atoms with E-state index in [1.807, 2.05) is 0 Å². The zero-order valence-corrected chi connectivity index (χ0v) is 9.50. The molecule has 6 nitrogen and oxygen atoms in total. The third-order valence-corrected chi connectivity index (χ3v) is 2.99. The Kier molecular flexibility index (Phi) is 2.56. The molecular weight excluding hydrogens is 234 g/mol. The van der Waals surface area contributed by atoms with Crippen molar-refractivity contribution < 1.29 is 9.66 Å². The fraction of sp³-hybridized carbons (Fsp3) is 0.250. The molecule has 2 aromatic rings. The van der Waals surface area contributed by atoms with Crippen LogP contribution in [0.25, 0.3) is 10.8 Å². The van der Waals surface area contributed by atoms with Gasteiger partial charge in [-0.3, -0.25) is 15.1 Å². The molecule has 2 heterocycles. The number of hydrogen-bond donors (Lipinski definition) is 1. The first-order chi connectivity index (χ1) is 8.75. The van der Waals surface area contributed by atoms with Crippen LogP contribution in [0.1, 0.15) is 0 Å². The Bertz CT molecular complexity index is 611. The summed E-state index contributed by atoms with van der Waals surface area (Å²) in [7, 11) is 0. The maximum Gasteiger partial charge on any atom is 0.279 e. The number of aromatic nitrogens is 1. The molecule has 0 radical (unpaired) electrons. The van der Waals surface area contributed by atoms with Crippen LogP contribution in [-0.4, -0.2) is 29.1 Å². The van der Waals surface area contributed by atoms with Gasteiger partial charge in [-0.05, 0) is 12.1 Å². The summed E-state index contributed by atoms with van der Waals surface area (Å²) in [6.07, 6.45) is 3.25. The summed E-state index contributed by atoms with van der Waals surface area (Å²) in [4.78, 5) is 14.5. The van der Waals surface area contributed by atoms with Crippen LogP contribution in [0.15, 0.2) is 30.6 Å². The van der Waals surface area contributed by atoms with Crippen LogP contribution in [0.5, 0.6) is 5.75 Å². The van der Waals surface area contributed by atoms with Gasteiger partial charge in [0.25, 0.3) is 5.69 Å². The number of hydrogen-bond acceptors (Lipinski definition) is 5. The highest BCUT2D eigenvalue weighted by molar-refractivity contribution is 5.94. The molecule has 0 unspecified atom stereocenters. The molecule has 1 aliphatic rings. The molecule has 0 spiro atoms. The van der Waals surface area contributed by atoms with E-state index < -0.39 is 4.92 Å². The lowest BCUT2D eigenvalue weighted by Crippen LogP contribution is -2.50. The lowest BCUT2D eigenvalue weighted by atomic mass is 10.1. The van der Waals surface area contributed by atoms with Crippen molar-refractivity contribution in [1.29, 1.82) is 0 Å². The Hall–Kier alpha value is -2.21. The first kappa shape index (κ1) is 10.9. The van der Waals surface area contributed by atoms with E-state index >= 15 is 0 Å². The van der Waals surface area contributed by atoms with E-state index in [1.54, 1.807) is 18.3 Å². The molecule has 1 saturated heterocycles. The van der Waals surface area contributed by atoms with Crippen molar-refractivity contribution in [3.63, 3.8) is 0 Å². The molecule has 1 aromatic heterocycles. The van der Waals surface area contributed by atoms with E-state index in [1.165, 1.54) is 12.3 Å². The second-order valence-corrected chi connectivity index (χ2v) is 4.16. The fourth-order valence-corrected chi connectivity index (χ4v) is 1.93. The average molecular weight is 245 g/mol. The third-order valence-electron chi connectivity index (χ3n) is 2.99. The Morgan fingerprint density at radius 3 is 2.83 bits per heavy atom.